The van der Waals surface area contributed by atoms with Crippen LogP contribution in [-0.2, 0) is 14.8 Å². The van der Waals surface area contributed by atoms with E-state index in [1.807, 2.05) is 5.38 Å². The van der Waals surface area contributed by atoms with Gasteiger partial charge in [0, 0.05) is 37.2 Å². The fourth-order valence-electron chi connectivity index (χ4n) is 3.98. The molecule has 1 N–H and O–H groups in total. The number of carbonyl (C=O) groups is 1. The van der Waals surface area contributed by atoms with Crippen molar-refractivity contribution in [1.82, 2.24) is 9.29 Å². The number of morpholine rings is 1. The number of anilines is 2. The molecule has 32 heavy (non-hydrogen) atoms. The van der Waals surface area contributed by atoms with Crippen LogP contribution in [0.5, 0.6) is 0 Å². The van der Waals surface area contributed by atoms with E-state index in [4.69, 9.17) is 4.74 Å². The van der Waals surface area contributed by atoms with Crippen LogP contribution in [0.4, 0.5) is 10.8 Å². The summed E-state index contributed by atoms with van der Waals surface area (Å²) in [7, 11) is -3.70. The van der Waals surface area contributed by atoms with E-state index in [0.29, 0.717) is 37.0 Å². The van der Waals surface area contributed by atoms with Crippen molar-refractivity contribution in [2.45, 2.75) is 43.9 Å². The van der Waals surface area contributed by atoms with Crippen LogP contribution in [0.25, 0.3) is 0 Å². The Hall–Kier alpha value is -2.01. The first-order valence-electron chi connectivity index (χ1n) is 11.1. The Balaban J connectivity index is 1.67. The number of rotatable bonds is 6. The fraction of sp³-hybridized carbons (Fsp3) is 0.545. The van der Waals surface area contributed by atoms with Crippen LogP contribution in [-0.4, -0.2) is 63.0 Å². The van der Waals surface area contributed by atoms with Crippen molar-refractivity contribution in [3.8, 4) is 0 Å². The largest absolute Gasteiger partial charge is 0.379 e. The average molecular weight is 479 g/mol. The Morgan fingerprint density at radius 3 is 2.50 bits per heavy atom. The minimum atomic E-state index is -3.70. The molecule has 2 saturated heterocycles. The summed E-state index contributed by atoms with van der Waals surface area (Å²) in [4.78, 5) is 20.1. The molecule has 1 aromatic carbocycles. The number of hydrogen-bond donors (Lipinski definition) is 1. The van der Waals surface area contributed by atoms with Crippen LogP contribution < -0.4 is 10.2 Å². The number of carbonyl (C=O) groups excluding carboxylic acids is 1. The molecule has 0 radical (unpaired) electrons. The number of aromatic nitrogens is 1. The molecule has 0 atom stereocenters. The van der Waals surface area contributed by atoms with Gasteiger partial charge < -0.3 is 9.64 Å². The van der Waals surface area contributed by atoms with Gasteiger partial charge in [-0.15, -0.1) is 11.3 Å². The van der Waals surface area contributed by atoms with E-state index < -0.39 is 10.0 Å². The molecule has 10 heteroatoms. The molecule has 4 rings (SSSR count). The first kappa shape index (κ1) is 23.2. The van der Waals surface area contributed by atoms with Gasteiger partial charge in [0.15, 0.2) is 5.13 Å². The summed E-state index contributed by atoms with van der Waals surface area (Å²) in [5.74, 6) is -0.0722. The molecule has 0 spiro atoms. The van der Waals surface area contributed by atoms with Crippen molar-refractivity contribution in [2.24, 2.45) is 0 Å². The van der Waals surface area contributed by atoms with Crippen LogP contribution in [0.3, 0.4) is 0 Å². The number of piperidine rings is 1. The van der Waals surface area contributed by atoms with Crippen molar-refractivity contribution in [3.05, 3.63) is 34.8 Å². The zero-order valence-electron chi connectivity index (χ0n) is 18.5. The first-order chi connectivity index (χ1) is 15.4. The smallest absolute Gasteiger partial charge is 0.259 e. The number of thiazole rings is 1. The minimum absolute atomic E-state index is 0.132. The second kappa shape index (κ2) is 9.86. The molecular formula is C22H30N4O4S2. The summed E-state index contributed by atoms with van der Waals surface area (Å²) in [6.07, 6.45) is 3.27. The Labute approximate surface area is 193 Å². The molecule has 0 unspecified atom stereocenters. The third kappa shape index (κ3) is 4.98. The molecule has 0 saturated carbocycles. The van der Waals surface area contributed by atoms with Gasteiger partial charge in [-0.1, -0.05) is 13.8 Å². The summed E-state index contributed by atoms with van der Waals surface area (Å²) < 4.78 is 33.1. The van der Waals surface area contributed by atoms with E-state index in [1.54, 1.807) is 12.1 Å². The second-order valence-electron chi connectivity index (χ2n) is 8.43. The van der Waals surface area contributed by atoms with E-state index in [-0.39, 0.29) is 16.7 Å². The van der Waals surface area contributed by atoms with Gasteiger partial charge >= 0.3 is 0 Å². The molecule has 3 heterocycles. The van der Waals surface area contributed by atoms with Crippen LogP contribution in [0, 0.1) is 0 Å². The van der Waals surface area contributed by atoms with Gasteiger partial charge in [0.25, 0.3) is 5.91 Å². The van der Waals surface area contributed by atoms with Crippen molar-refractivity contribution in [1.29, 1.82) is 0 Å². The van der Waals surface area contributed by atoms with Gasteiger partial charge in [-0.3, -0.25) is 10.1 Å². The minimum Gasteiger partial charge on any atom is -0.379 e. The Morgan fingerprint density at radius 1 is 1.12 bits per heavy atom. The number of nitrogens with one attached hydrogen (secondary N) is 1. The lowest BCUT2D eigenvalue weighted by atomic mass is 10.1. The normalized spacial score (nSPS) is 18.2. The highest BCUT2D eigenvalue weighted by atomic mass is 32.2. The second-order valence-corrected chi connectivity index (χ2v) is 11.2. The maximum absolute atomic E-state index is 13.3. The molecule has 0 aliphatic carbocycles. The van der Waals surface area contributed by atoms with Gasteiger partial charge in [0.05, 0.1) is 29.4 Å². The molecule has 2 aliphatic heterocycles. The zero-order chi connectivity index (χ0) is 22.7. The first-order valence-corrected chi connectivity index (χ1v) is 13.4. The maximum atomic E-state index is 13.3. The monoisotopic (exact) mass is 478 g/mol. The fourth-order valence-corrected chi connectivity index (χ4v) is 6.28. The van der Waals surface area contributed by atoms with Crippen LogP contribution in [0.1, 0.15) is 55.1 Å². The number of nitrogens with zero attached hydrogens (tertiary/aromatic N) is 3. The van der Waals surface area contributed by atoms with E-state index in [9.17, 15) is 13.2 Å². The Bertz CT molecular complexity index is 1060. The van der Waals surface area contributed by atoms with Crippen LogP contribution >= 0.6 is 11.3 Å². The van der Waals surface area contributed by atoms with E-state index >= 15 is 0 Å². The molecule has 1 amide bonds. The summed E-state index contributed by atoms with van der Waals surface area (Å²) >= 11 is 1.38. The highest BCUT2D eigenvalue weighted by Crippen LogP contribution is 2.30. The van der Waals surface area contributed by atoms with Gasteiger partial charge in [0.1, 0.15) is 0 Å². The lowest BCUT2D eigenvalue weighted by molar-refractivity contribution is 0.0730. The molecule has 8 nitrogen and oxygen atoms in total. The van der Waals surface area contributed by atoms with Gasteiger partial charge in [0.2, 0.25) is 10.0 Å². The topological polar surface area (TPSA) is 91.8 Å². The predicted molar refractivity (Wildman–Crippen MR) is 126 cm³/mol. The van der Waals surface area contributed by atoms with Gasteiger partial charge in [-0.05, 0) is 43.4 Å². The number of benzene rings is 1. The average Bonchev–Trinajstić information content (AvgIpc) is 3.28. The van der Waals surface area contributed by atoms with Gasteiger partial charge in [-0.25, -0.2) is 13.4 Å². The van der Waals surface area contributed by atoms with E-state index in [1.165, 1.54) is 28.1 Å². The maximum Gasteiger partial charge on any atom is 0.259 e. The van der Waals surface area contributed by atoms with Crippen LogP contribution in [0.15, 0.2) is 28.5 Å². The standard InChI is InChI=1S/C22H30N4O4S2/c1-16(2)19-15-31-22(23-19)24-21(27)18-14-17(32(28,29)26-10-12-30-13-11-26)6-7-20(18)25-8-4-3-5-9-25/h6-7,14-16H,3-5,8-13H2,1-2H3,(H,23,24,27). The molecular weight excluding hydrogens is 448 g/mol. The van der Waals surface area contributed by atoms with E-state index in [0.717, 1.165) is 37.3 Å². The summed E-state index contributed by atoms with van der Waals surface area (Å²) in [5.41, 5.74) is 2.05. The van der Waals surface area contributed by atoms with Crippen molar-refractivity contribution in [2.75, 3.05) is 49.6 Å². The summed E-state index contributed by atoms with van der Waals surface area (Å²) in [6.45, 7) is 7.18. The van der Waals surface area contributed by atoms with E-state index in [2.05, 4.69) is 29.0 Å². The quantitative estimate of drug-likeness (QED) is 0.683. The number of amides is 1. The molecule has 0 bridgehead atoms. The number of hydrogen-bond acceptors (Lipinski definition) is 7. The SMILES string of the molecule is CC(C)c1csc(NC(=O)c2cc(S(=O)(=O)N3CCOCC3)ccc2N2CCCCC2)n1. The molecule has 2 aliphatic rings. The summed E-state index contributed by atoms with van der Waals surface area (Å²) in [5, 5.41) is 5.34. The Morgan fingerprint density at radius 2 is 1.84 bits per heavy atom. The zero-order valence-corrected chi connectivity index (χ0v) is 20.2. The third-order valence-corrected chi connectivity index (χ3v) is 8.52. The van der Waals surface area contributed by atoms with Crippen LogP contribution in [0.2, 0.25) is 0 Å². The molecule has 1 aromatic heterocycles. The van der Waals surface area contributed by atoms with Crippen molar-refractivity contribution in [3.63, 3.8) is 0 Å². The van der Waals surface area contributed by atoms with Crippen molar-refractivity contribution < 1.29 is 17.9 Å². The van der Waals surface area contributed by atoms with Gasteiger partial charge in [-0.2, -0.15) is 4.31 Å². The third-order valence-electron chi connectivity index (χ3n) is 5.85. The summed E-state index contributed by atoms with van der Waals surface area (Å²) in [6, 6.07) is 4.90. The van der Waals surface area contributed by atoms with Crippen molar-refractivity contribution >= 4 is 38.1 Å². The number of sulfonamides is 1. The lowest BCUT2D eigenvalue weighted by Crippen LogP contribution is -2.40. The molecule has 2 aromatic rings. The Kier molecular flexibility index (Phi) is 7.14. The lowest BCUT2D eigenvalue weighted by Gasteiger charge is -2.31. The highest BCUT2D eigenvalue weighted by Gasteiger charge is 2.29. The molecule has 174 valence electrons. The highest BCUT2D eigenvalue weighted by molar-refractivity contribution is 7.89. The number of ether oxygens (including phenoxy) is 1. The predicted octanol–water partition coefficient (Wildman–Crippen LogP) is 3.53. The molecule has 2 fully saturated rings.